The van der Waals surface area contributed by atoms with Gasteiger partial charge in [0.05, 0.1) is 22.4 Å². The minimum atomic E-state index is -4.85. The van der Waals surface area contributed by atoms with Gasteiger partial charge in [-0.05, 0) is 31.2 Å². The van der Waals surface area contributed by atoms with E-state index in [-0.39, 0.29) is 11.3 Å². The maximum absolute atomic E-state index is 15.2. The molecular formula is C19H14F5N5O2. The predicted molar refractivity (Wildman–Crippen MR) is 97.8 cm³/mol. The summed E-state index contributed by atoms with van der Waals surface area (Å²) in [5.74, 6) is -3.37. The molecule has 31 heavy (non-hydrogen) atoms. The molecule has 0 unspecified atom stereocenters. The Morgan fingerprint density at radius 1 is 1.32 bits per heavy atom. The number of nitrogens with one attached hydrogen (secondary N) is 1. The van der Waals surface area contributed by atoms with Gasteiger partial charge in [0, 0.05) is 12.6 Å². The van der Waals surface area contributed by atoms with E-state index in [9.17, 15) is 22.4 Å². The van der Waals surface area contributed by atoms with Gasteiger partial charge in [-0.2, -0.15) is 18.4 Å². The molecule has 0 saturated heterocycles. The van der Waals surface area contributed by atoms with Crippen molar-refractivity contribution in [2.75, 3.05) is 5.32 Å². The van der Waals surface area contributed by atoms with Crippen molar-refractivity contribution in [3.05, 3.63) is 58.9 Å². The first-order valence-corrected chi connectivity index (χ1v) is 8.69. The van der Waals surface area contributed by atoms with Crippen LogP contribution in [-0.4, -0.2) is 29.2 Å². The van der Waals surface area contributed by atoms with Crippen molar-refractivity contribution in [3.8, 4) is 6.07 Å². The van der Waals surface area contributed by atoms with Gasteiger partial charge in [0.25, 0.3) is 11.9 Å². The minimum absolute atomic E-state index is 0.166. The van der Waals surface area contributed by atoms with Crippen molar-refractivity contribution < 1.29 is 31.5 Å². The maximum atomic E-state index is 15.2. The summed E-state index contributed by atoms with van der Waals surface area (Å²) >= 11 is 0. The van der Waals surface area contributed by atoms with E-state index < -0.39 is 59.1 Å². The van der Waals surface area contributed by atoms with Crippen LogP contribution < -0.4 is 11.1 Å². The van der Waals surface area contributed by atoms with Crippen LogP contribution in [0.3, 0.4) is 0 Å². The van der Waals surface area contributed by atoms with E-state index in [1.165, 1.54) is 12.1 Å². The molecule has 1 aromatic carbocycles. The van der Waals surface area contributed by atoms with Gasteiger partial charge in [0.1, 0.15) is 17.6 Å². The minimum Gasteiger partial charge on any atom is -0.452 e. The summed E-state index contributed by atoms with van der Waals surface area (Å²) in [5, 5.41) is 10.9. The number of carbonyl (C=O) groups excluding carboxylic acids is 1. The van der Waals surface area contributed by atoms with E-state index in [0.717, 1.165) is 25.3 Å². The largest absolute Gasteiger partial charge is 0.452 e. The van der Waals surface area contributed by atoms with Gasteiger partial charge in [0.15, 0.2) is 11.9 Å². The number of aromatic nitrogens is 1. The Morgan fingerprint density at radius 3 is 2.61 bits per heavy atom. The highest BCUT2D eigenvalue weighted by Crippen LogP contribution is 2.42. The van der Waals surface area contributed by atoms with E-state index in [2.05, 4.69) is 20.0 Å². The zero-order valence-electron chi connectivity index (χ0n) is 15.8. The van der Waals surface area contributed by atoms with Gasteiger partial charge in [0.2, 0.25) is 0 Å². The average molecular weight is 439 g/mol. The number of aliphatic imine (C=N–C) groups is 1. The van der Waals surface area contributed by atoms with Crippen molar-refractivity contribution in [1.82, 2.24) is 4.98 Å². The fourth-order valence-electron chi connectivity index (χ4n) is 3.13. The lowest BCUT2D eigenvalue weighted by molar-refractivity contribution is -0.208. The van der Waals surface area contributed by atoms with Crippen LogP contribution in [0, 0.1) is 23.0 Å². The highest BCUT2D eigenvalue weighted by molar-refractivity contribution is 6.03. The molecule has 0 saturated carbocycles. The Balaban J connectivity index is 1.98. The van der Waals surface area contributed by atoms with Crippen LogP contribution in [0.5, 0.6) is 0 Å². The third-order valence-electron chi connectivity index (χ3n) is 4.57. The SMILES string of the molecule is C[C@@]1(c2c(F)ccc(NC(=O)c3ccc(C#N)cn3)c2F)C[C@@H](C(F)(F)F)OC(N)=N1. The quantitative estimate of drug-likeness (QED) is 0.712. The van der Waals surface area contributed by atoms with Crippen molar-refractivity contribution >= 4 is 17.6 Å². The maximum Gasteiger partial charge on any atom is 0.425 e. The van der Waals surface area contributed by atoms with Crippen LogP contribution in [0.4, 0.5) is 27.6 Å². The summed E-state index contributed by atoms with van der Waals surface area (Å²) in [6, 6.07) is 5.17. The van der Waals surface area contributed by atoms with Crippen LogP contribution in [-0.2, 0) is 10.3 Å². The number of hydrogen-bond donors (Lipinski definition) is 2. The number of nitrogens with two attached hydrogens (primary N) is 1. The molecule has 1 aromatic heterocycles. The van der Waals surface area contributed by atoms with Crippen LogP contribution >= 0.6 is 0 Å². The summed E-state index contributed by atoms with van der Waals surface area (Å²) in [7, 11) is 0. The first kappa shape index (κ1) is 21.9. The van der Waals surface area contributed by atoms with E-state index in [4.69, 9.17) is 11.0 Å². The van der Waals surface area contributed by atoms with Gasteiger partial charge in [-0.25, -0.2) is 18.8 Å². The second-order valence-corrected chi connectivity index (χ2v) is 6.86. The van der Waals surface area contributed by atoms with Crippen molar-refractivity contribution in [3.63, 3.8) is 0 Å². The summed E-state index contributed by atoms with van der Waals surface area (Å²) < 4.78 is 73.6. The lowest BCUT2D eigenvalue weighted by Gasteiger charge is -2.36. The van der Waals surface area contributed by atoms with Gasteiger partial charge in [-0.3, -0.25) is 4.79 Å². The zero-order valence-corrected chi connectivity index (χ0v) is 15.8. The number of anilines is 1. The number of hydrogen-bond acceptors (Lipinski definition) is 6. The zero-order chi connectivity index (χ0) is 23.0. The van der Waals surface area contributed by atoms with Crippen LogP contribution in [0.1, 0.15) is 35.0 Å². The number of ether oxygens (including phenoxy) is 1. The predicted octanol–water partition coefficient (Wildman–Crippen LogP) is 3.36. The molecule has 3 N–H and O–H groups in total. The van der Waals surface area contributed by atoms with E-state index in [1.54, 1.807) is 0 Å². The van der Waals surface area contributed by atoms with Crippen LogP contribution in [0.2, 0.25) is 0 Å². The normalized spacial score (nSPS) is 20.9. The van der Waals surface area contributed by atoms with Crippen molar-refractivity contribution in [2.24, 2.45) is 10.7 Å². The fourth-order valence-corrected chi connectivity index (χ4v) is 3.13. The fraction of sp³-hybridized carbons (Fsp3) is 0.263. The Hall–Kier alpha value is -3.75. The molecule has 1 aliphatic heterocycles. The molecule has 1 amide bonds. The molecule has 0 spiro atoms. The Bertz CT molecular complexity index is 1090. The number of amidine groups is 1. The monoisotopic (exact) mass is 439 g/mol. The first-order valence-electron chi connectivity index (χ1n) is 8.69. The van der Waals surface area contributed by atoms with E-state index >= 15 is 4.39 Å². The number of rotatable bonds is 3. The number of alkyl halides is 3. The summed E-state index contributed by atoms with van der Waals surface area (Å²) in [4.78, 5) is 19.8. The molecular weight excluding hydrogens is 425 g/mol. The number of carbonyl (C=O) groups is 1. The number of benzene rings is 1. The number of nitrogens with zero attached hydrogens (tertiary/aromatic N) is 3. The second kappa shape index (κ2) is 7.82. The number of halogens is 5. The van der Waals surface area contributed by atoms with Gasteiger partial charge >= 0.3 is 6.18 Å². The molecule has 7 nitrogen and oxygen atoms in total. The third kappa shape index (κ3) is 4.40. The Kier molecular flexibility index (Phi) is 5.54. The van der Waals surface area contributed by atoms with Gasteiger partial charge in [-0.15, -0.1) is 0 Å². The lowest BCUT2D eigenvalue weighted by atomic mass is 9.84. The molecule has 2 atom stereocenters. The molecule has 162 valence electrons. The lowest BCUT2D eigenvalue weighted by Crippen LogP contribution is -2.46. The molecule has 0 aliphatic carbocycles. The highest BCUT2D eigenvalue weighted by atomic mass is 19.4. The summed E-state index contributed by atoms with van der Waals surface area (Å²) in [6.45, 7) is 1.08. The van der Waals surface area contributed by atoms with Crippen molar-refractivity contribution in [2.45, 2.75) is 31.2 Å². The standard InChI is InChI=1S/C19H14F5N5O2/c1-18(6-13(19(22,23)24)31-17(26)29-18)14-10(20)3-5-11(15(14)21)28-16(30)12-4-2-9(7-25)8-27-12/h2-5,8,13H,6H2,1H3,(H2,26,29)(H,28,30)/t13-,18-/m0/s1. The summed E-state index contributed by atoms with van der Waals surface area (Å²) in [5.41, 5.74) is 2.00. The van der Waals surface area contributed by atoms with Crippen LogP contribution in [0.25, 0.3) is 0 Å². The molecule has 0 bridgehead atoms. The Labute approximate surface area is 172 Å². The van der Waals surface area contributed by atoms with E-state index in [0.29, 0.717) is 0 Å². The molecule has 12 heteroatoms. The van der Waals surface area contributed by atoms with E-state index in [1.807, 2.05) is 6.07 Å². The average Bonchev–Trinajstić information content (AvgIpc) is 2.68. The first-order chi connectivity index (χ1) is 14.4. The number of nitriles is 1. The molecule has 0 fully saturated rings. The molecule has 3 rings (SSSR count). The number of pyridine rings is 1. The molecule has 1 aliphatic rings. The van der Waals surface area contributed by atoms with Crippen molar-refractivity contribution in [1.29, 1.82) is 5.26 Å². The molecule has 0 radical (unpaired) electrons. The second-order valence-electron chi connectivity index (χ2n) is 6.86. The smallest absolute Gasteiger partial charge is 0.425 e. The third-order valence-corrected chi connectivity index (χ3v) is 4.57. The topological polar surface area (TPSA) is 113 Å². The Morgan fingerprint density at radius 2 is 2.03 bits per heavy atom. The van der Waals surface area contributed by atoms with Gasteiger partial charge in [-0.1, -0.05) is 0 Å². The number of amides is 1. The molecule has 2 heterocycles. The van der Waals surface area contributed by atoms with Gasteiger partial charge < -0.3 is 15.8 Å². The van der Waals surface area contributed by atoms with Crippen LogP contribution in [0.15, 0.2) is 35.5 Å². The molecule has 2 aromatic rings. The highest BCUT2D eigenvalue weighted by Gasteiger charge is 2.51. The summed E-state index contributed by atoms with van der Waals surface area (Å²) in [6.07, 6.45) is -7.07.